The summed E-state index contributed by atoms with van der Waals surface area (Å²) in [7, 11) is 0. The molecule has 21 heavy (non-hydrogen) atoms. The van der Waals surface area contributed by atoms with E-state index in [2.05, 4.69) is 39.1 Å². The van der Waals surface area contributed by atoms with Crippen molar-refractivity contribution in [1.82, 2.24) is 4.98 Å². The lowest BCUT2D eigenvalue weighted by Crippen LogP contribution is -2.14. The zero-order valence-corrected chi connectivity index (χ0v) is 13.6. The summed E-state index contributed by atoms with van der Waals surface area (Å²) in [4.78, 5) is 4.75. The summed E-state index contributed by atoms with van der Waals surface area (Å²) in [6.07, 6.45) is 4.56. The van der Waals surface area contributed by atoms with E-state index in [1.165, 1.54) is 24.1 Å². The van der Waals surface area contributed by atoms with Gasteiger partial charge in [-0.15, -0.1) is 0 Å². The van der Waals surface area contributed by atoms with Crippen LogP contribution in [0.3, 0.4) is 0 Å². The Morgan fingerprint density at radius 3 is 2.52 bits per heavy atom. The molecule has 0 radical (unpaired) electrons. The van der Waals surface area contributed by atoms with Gasteiger partial charge in [0, 0.05) is 12.2 Å². The molecule has 1 N–H and O–H groups in total. The number of nitrogens with zero attached hydrogens (tertiary/aromatic N) is 2. The highest BCUT2D eigenvalue weighted by molar-refractivity contribution is 5.55. The maximum absolute atomic E-state index is 9.38. The summed E-state index contributed by atoms with van der Waals surface area (Å²) in [5.74, 6) is 1.42. The highest BCUT2D eigenvalue weighted by Gasteiger charge is 2.64. The number of rotatable bonds is 3. The average Bonchev–Trinajstić information content (AvgIpc) is 2.85. The van der Waals surface area contributed by atoms with Crippen molar-refractivity contribution in [2.75, 3.05) is 11.9 Å². The fourth-order valence-electron chi connectivity index (χ4n) is 3.90. The van der Waals surface area contributed by atoms with Crippen molar-refractivity contribution >= 4 is 5.82 Å². The van der Waals surface area contributed by atoms with Crippen LogP contribution >= 0.6 is 0 Å². The van der Waals surface area contributed by atoms with E-state index in [-0.39, 0.29) is 0 Å². The molecule has 0 aliphatic heterocycles. The van der Waals surface area contributed by atoms with E-state index in [0.717, 1.165) is 25.2 Å². The largest absolute Gasteiger partial charge is 0.369 e. The van der Waals surface area contributed by atoms with E-state index in [9.17, 15) is 5.26 Å². The van der Waals surface area contributed by atoms with Gasteiger partial charge in [-0.2, -0.15) is 5.26 Å². The highest BCUT2D eigenvalue weighted by atomic mass is 15.0. The molecule has 1 fully saturated rings. The molecule has 3 nitrogen and oxygen atoms in total. The first-order valence-corrected chi connectivity index (χ1v) is 8.04. The molecule has 0 atom stereocenters. The molecular formula is C18H25N3. The summed E-state index contributed by atoms with van der Waals surface area (Å²) < 4.78 is 0. The molecule has 0 amide bonds. The van der Waals surface area contributed by atoms with Gasteiger partial charge in [-0.1, -0.05) is 27.7 Å². The van der Waals surface area contributed by atoms with Crippen LogP contribution in [0.1, 0.15) is 57.4 Å². The monoisotopic (exact) mass is 283 g/mol. The number of hydrogen-bond acceptors (Lipinski definition) is 3. The van der Waals surface area contributed by atoms with Crippen LogP contribution in [-0.4, -0.2) is 11.5 Å². The number of pyridine rings is 1. The summed E-state index contributed by atoms with van der Waals surface area (Å²) in [5, 5.41) is 12.8. The molecule has 1 saturated carbocycles. The minimum Gasteiger partial charge on any atom is -0.369 e. The van der Waals surface area contributed by atoms with Gasteiger partial charge in [0.15, 0.2) is 0 Å². The van der Waals surface area contributed by atoms with E-state index < -0.39 is 0 Å². The lowest BCUT2D eigenvalue weighted by Gasteiger charge is -2.17. The standard InChI is InChI=1S/C18H25N3/c1-17(2)15(18(17,3)4)11-20-16-13(10-19)9-12-7-5-6-8-14(12)21-16/h9,15H,5-8,11H2,1-4H3,(H,20,21). The Hall–Kier alpha value is -1.56. The summed E-state index contributed by atoms with van der Waals surface area (Å²) in [5.41, 5.74) is 3.89. The van der Waals surface area contributed by atoms with Gasteiger partial charge < -0.3 is 5.32 Å². The minimum atomic E-state index is 0.362. The van der Waals surface area contributed by atoms with Gasteiger partial charge in [0.2, 0.25) is 0 Å². The van der Waals surface area contributed by atoms with E-state index in [0.29, 0.717) is 22.3 Å². The van der Waals surface area contributed by atoms with Gasteiger partial charge in [0.1, 0.15) is 11.9 Å². The van der Waals surface area contributed by atoms with Gasteiger partial charge in [-0.25, -0.2) is 4.98 Å². The van der Waals surface area contributed by atoms with Crippen molar-refractivity contribution in [3.63, 3.8) is 0 Å². The molecule has 0 aromatic carbocycles. The molecule has 0 bridgehead atoms. The van der Waals surface area contributed by atoms with Crippen LogP contribution < -0.4 is 5.32 Å². The maximum Gasteiger partial charge on any atom is 0.144 e. The number of anilines is 1. The topological polar surface area (TPSA) is 48.7 Å². The molecule has 3 rings (SSSR count). The summed E-state index contributed by atoms with van der Waals surface area (Å²) in [6.45, 7) is 10.2. The number of aryl methyl sites for hydroxylation is 2. The van der Waals surface area contributed by atoms with E-state index >= 15 is 0 Å². The van der Waals surface area contributed by atoms with Crippen LogP contribution in [-0.2, 0) is 12.8 Å². The molecule has 2 aliphatic carbocycles. The Bertz CT molecular complexity index is 594. The van der Waals surface area contributed by atoms with Crippen LogP contribution in [0, 0.1) is 28.1 Å². The molecule has 0 saturated heterocycles. The fourth-order valence-corrected chi connectivity index (χ4v) is 3.90. The summed E-state index contributed by atoms with van der Waals surface area (Å²) in [6, 6.07) is 4.35. The Labute approximate surface area is 127 Å². The number of fused-ring (bicyclic) bond motifs is 1. The van der Waals surface area contributed by atoms with E-state index in [4.69, 9.17) is 4.98 Å². The van der Waals surface area contributed by atoms with Crippen molar-refractivity contribution in [3.8, 4) is 6.07 Å². The van der Waals surface area contributed by atoms with Crippen molar-refractivity contribution < 1.29 is 0 Å². The van der Waals surface area contributed by atoms with Crippen LogP contribution in [0.5, 0.6) is 0 Å². The lowest BCUT2D eigenvalue weighted by atomic mass is 9.95. The van der Waals surface area contributed by atoms with Crippen molar-refractivity contribution in [2.24, 2.45) is 16.7 Å². The van der Waals surface area contributed by atoms with Crippen LogP contribution in [0.25, 0.3) is 0 Å². The van der Waals surface area contributed by atoms with E-state index in [1.54, 1.807) is 0 Å². The van der Waals surface area contributed by atoms with Crippen molar-refractivity contribution in [2.45, 2.75) is 53.4 Å². The van der Waals surface area contributed by atoms with Crippen molar-refractivity contribution in [1.29, 1.82) is 5.26 Å². The number of nitrogens with one attached hydrogen (secondary N) is 1. The zero-order chi connectivity index (χ0) is 15.3. The molecule has 0 spiro atoms. The SMILES string of the molecule is CC1(C)C(CNc2nc3c(cc2C#N)CCCC3)C1(C)C. The first kappa shape index (κ1) is 14.4. The Balaban J connectivity index is 1.78. The quantitative estimate of drug-likeness (QED) is 0.914. The second-order valence-corrected chi connectivity index (χ2v) is 7.69. The van der Waals surface area contributed by atoms with Gasteiger partial charge in [0.05, 0.1) is 5.56 Å². The molecule has 1 aromatic rings. The Kier molecular flexibility index (Phi) is 3.24. The van der Waals surface area contributed by atoms with E-state index in [1.807, 2.05) is 6.07 Å². The molecule has 3 heteroatoms. The van der Waals surface area contributed by atoms with Gasteiger partial charge in [-0.3, -0.25) is 0 Å². The molecule has 1 aromatic heterocycles. The molecular weight excluding hydrogens is 258 g/mol. The number of aromatic nitrogens is 1. The molecule has 112 valence electrons. The van der Waals surface area contributed by atoms with Crippen LogP contribution in [0.2, 0.25) is 0 Å². The number of hydrogen-bond donors (Lipinski definition) is 1. The first-order chi connectivity index (χ1) is 9.88. The highest BCUT2D eigenvalue weighted by Crippen LogP contribution is 2.68. The first-order valence-electron chi connectivity index (χ1n) is 8.04. The smallest absolute Gasteiger partial charge is 0.144 e. The van der Waals surface area contributed by atoms with Crippen LogP contribution in [0.15, 0.2) is 6.07 Å². The lowest BCUT2D eigenvalue weighted by molar-refractivity contribution is 0.457. The maximum atomic E-state index is 9.38. The normalized spacial score (nSPS) is 22.2. The predicted molar refractivity (Wildman–Crippen MR) is 85.1 cm³/mol. The van der Waals surface area contributed by atoms with Crippen molar-refractivity contribution in [3.05, 3.63) is 22.9 Å². The van der Waals surface area contributed by atoms with Gasteiger partial charge in [-0.05, 0) is 54.1 Å². The zero-order valence-electron chi connectivity index (χ0n) is 13.6. The minimum absolute atomic E-state index is 0.362. The predicted octanol–water partition coefficient (Wildman–Crippen LogP) is 3.93. The third-order valence-electron chi connectivity index (χ3n) is 6.21. The number of nitriles is 1. The average molecular weight is 283 g/mol. The third kappa shape index (κ3) is 2.21. The van der Waals surface area contributed by atoms with Gasteiger partial charge >= 0.3 is 0 Å². The Morgan fingerprint density at radius 1 is 1.24 bits per heavy atom. The van der Waals surface area contributed by atoms with Gasteiger partial charge in [0.25, 0.3) is 0 Å². The molecule has 2 aliphatic rings. The fraction of sp³-hybridized carbons (Fsp3) is 0.667. The second-order valence-electron chi connectivity index (χ2n) is 7.69. The summed E-state index contributed by atoms with van der Waals surface area (Å²) >= 11 is 0. The molecule has 1 heterocycles. The second kappa shape index (κ2) is 4.73. The molecule has 0 unspecified atom stereocenters. The third-order valence-corrected chi connectivity index (χ3v) is 6.21. The van der Waals surface area contributed by atoms with Crippen LogP contribution in [0.4, 0.5) is 5.82 Å². The Morgan fingerprint density at radius 2 is 1.90 bits per heavy atom.